The number of aliphatic carboxylic acids is 1. The number of benzene rings is 1. The van der Waals surface area contributed by atoms with Crippen molar-refractivity contribution in [1.82, 2.24) is 5.32 Å². The van der Waals surface area contributed by atoms with Gasteiger partial charge in [-0.2, -0.15) is 0 Å². The number of phenols is 1. The van der Waals surface area contributed by atoms with Gasteiger partial charge in [0.15, 0.2) is 0 Å². The van der Waals surface area contributed by atoms with Gasteiger partial charge in [0.1, 0.15) is 11.8 Å². The van der Waals surface area contributed by atoms with Gasteiger partial charge in [0.05, 0.1) is 3.57 Å². The lowest BCUT2D eigenvalue weighted by Gasteiger charge is -2.13. The average molecular weight is 367 g/mol. The van der Waals surface area contributed by atoms with E-state index in [9.17, 15) is 14.7 Å². The number of carbonyl (C=O) groups is 2. The molecule has 0 saturated carbocycles. The molecule has 1 amide bonds. The Balaban J connectivity index is 0.00000289. The SMILES string of the molecule is CC(=O)NC(Cc1ccc(O)c(I)c1)C(=O)O.O. The van der Waals surface area contributed by atoms with Gasteiger partial charge in [0.2, 0.25) is 5.91 Å². The third kappa shape index (κ3) is 4.88. The summed E-state index contributed by atoms with van der Waals surface area (Å²) in [6.45, 7) is 1.27. The van der Waals surface area contributed by atoms with Crippen LogP contribution in [0.5, 0.6) is 5.75 Å². The van der Waals surface area contributed by atoms with E-state index in [-0.39, 0.29) is 23.6 Å². The van der Waals surface area contributed by atoms with Crippen molar-refractivity contribution in [1.29, 1.82) is 0 Å². The van der Waals surface area contributed by atoms with E-state index in [4.69, 9.17) is 5.11 Å². The second kappa shape index (κ2) is 7.17. The molecule has 0 aliphatic rings. The van der Waals surface area contributed by atoms with E-state index in [1.165, 1.54) is 13.0 Å². The summed E-state index contributed by atoms with van der Waals surface area (Å²) in [6.07, 6.45) is 0.186. The maximum absolute atomic E-state index is 10.9. The molecule has 0 aromatic heterocycles. The molecule has 5 N–H and O–H groups in total. The van der Waals surface area contributed by atoms with Gasteiger partial charge in [-0.25, -0.2) is 4.79 Å². The zero-order valence-electron chi connectivity index (χ0n) is 9.61. The number of carboxylic acids is 1. The van der Waals surface area contributed by atoms with Crippen LogP contribution in [0.4, 0.5) is 0 Å². The van der Waals surface area contributed by atoms with E-state index in [1.807, 2.05) is 22.6 Å². The molecule has 0 spiro atoms. The van der Waals surface area contributed by atoms with Crippen LogP contribution >= 0.6 is 22.6 Å². The number of hydrogen-bond acceptors (Lipinski definition) is 3. The highest BCUT2D eigenvalue weighted by Crippen LogP contribution is 2.20. The summed E-state index contributed by atoms with van der Waals surface area (Å²) < 4.78 is 0.645. The lowest BCUT2D eigenvalue weighted by Crippen LogP contribution is -2.41. The van der Waals surface area contributed by atoms with E-state index in [0.717, 1.165) is 5.56 Å². The summed E-state index contributed by atoms with van der Waals surface area (Å²) in [5.74, 6) is -1.31. The number of amides is 1. The van der Waals surface area contributed by atoms with Crippen LogP contribution in [0.1, 0.15) is 12.5 Å². The van der Waals surface area contributed by atoms with Crippen LogP contribution in [0.25, 0.3) is 0 Å². The van der Waals surface area contributed by atoms with Crippen molar-refractivity contribution in [2.45, 2.75) is 19.4 Å². The number of carboxylic acid groups (broad SMARTS) is 1. The maximum atomic E-state index is 10.9. The minimum Gasteiger partial charge on any atom is -0.507 e. The smallest absolute Gasteiger partial charge is 0.326 e. The minimum atomic E-state index is -1.08. The fourth-order valence-corrected chi connectivity index (χ4v) is 1.94. The fraction of sp³-hybridized carbons (Fsp3) is 0.273. The van der Waals surface area contributed by atoms with Crippen molar-refractivity contribution < 1.29 is 25.3 Å². The summed E-state index contributed by atoms with van der Waals surface area (Å²) in [7, 11) is 0. The first-order valence-electron chi connectivity index (χ1n) is 4.87. The lowest BCUT2D eigenvalue weighted by molar-refractivity contribution is -0.141. The highest BCUT2D eigenvalue weighted by Gasteiger charge is 2.19. The molecular formula is C11H14INO5. The topological polar surface area (TPSA) is 118 Å². The number of phenolic OH excluding ortho intramolecular Hbond substituents is 1. The molecule has 0 bridgehead atoms. The van der Waals surface area contributed by atoms with Crippen LogP contribution in [-0.4, -0.2) is 33.6 Å². The van der Waals surface area contributed by atoms with Gasteiger partial charge >= 0.3 is 5.97 Å². The standard InChI is InChI=1S/C11H12INO4.H2O/c1-6(14)13-9(11(16)17)5-7-2-3-10(15)8(12)4-7;/h2-4,9,15H,5H2,1H3,(H,13,14)(H,16,17);1H2. The molecule has 0 fully saturated rings. The average Bonchev–Trinajstić information content (AvgIpc) is 2.21. The molecule has 100 valence electrons. The van der Waals surface area contributed by atoms with Crippen LogP contribution < -0.4 is 5.32 Å². The van der Waals surface area contributed by atoms with Crippen LogP contribution in [0.15, 0.2) is 18.2 Å². The Morgan fingerprint density at radius 3 is 2.50 bits per heavy atom. The van der Waals surface area contributed by atoms with Crippen molar-refractivity contribution in [3.05, 3.63) is 27.3 Å². The van der Waals surface area contributed by atoms with Crippen LogP contribution in [-0.2, 0) is 16.0 Å². The molecule has 1 aromatic rings. The second-order valence-corrected chi connectivity index (χ2v) is 4.74. The van der Waals surface area contributed by atoms with Gasteiger partial charge < -0.3 is 21.0 Å². The van der Waals surface area contributed by atoms with Crippen LogP contribution in [0, 0.1) is 3.57 Å². The molecular weight excluding hydrogens is 353 g/mol. The largest absolute Gasteiger partial charge is 0.507 e. The summed E-state index contributed by atoms with van der Waals surface area (Å²) >= 11 is 1.95. The van der Waals surface area contributed by atoms with Crippen LogP contribution in [0.2, 0.25) is 0 Å². The number of aromatic hydroxyl groups is 1. The Morgan fingerprint density at radius 2 is 2.06 bits per heavy atom. The molecule has 1 aromatic carbocycles. The minimum absolute atomic E-state index is 0. The van der Waals surface area contributed by atoms with Crippen molar-refractivity contribution in [3.8, 4) is 5.75 Å². The third-order valence-corrected chi connectivity index (χ3v) is 2.99. The summed E-state index contributed by atoms with van der Waals surface area (Å²) in [4.78, 5) is 21.8. The zero-order chi connectivity index (χ0) is 13.0. The summed E-state index contributed by atoms with van der Waals surface area (Å²) in [6, 6.07) is 3.88. The van der Waals surface area contributed by atoms with Gasteiger partial charge in [-0.05, 0) is 40.3 Å². The first-order valence-corrected chi connectivity index (χ1v) is 5.95. The number of halogens is 1. The van der Waals surface area contributed by atoms with Crippen LogP contribution in [0.3, 0.4) is 0 Å². The molecule has 1 atom stereocenters. The molecule has 6 nitrogen and oxygen atoms in total. The Labute approximate surface area is 117 Å². The predicted octanol–water partition coefficient (Wildman–Crippen LogP) is 0.304. The molecule has 18 heavy (non-hydrogen) atoms. The normalized spacial score (nSPS) is 11.2. The van der Waals surface area contributed by atoms with Crippen molar-refractivity contribution in [2.24, 2.45) is 0 Å². The van der Waals surface area contributed by atoms with Gasteiger partial charge in [-0.3, -0.25) is 4.79 Å². The first-order chi connectivity index (χ1) is 7.90. The Hall–Kier alpha value is -1.35. The van der Waals surface area contributed by atoms with E-state index in [0.29, 0.717) is 3.57 Å². The number of hydrogen-bond donors (Lipinski definition) is 3. The number of rotatable bonds is 4. The molecule has 0 saturated heterocycles. The third-order valence-electron chi connectivity index (χ3n) is 2.13. The maximum Gasteiger partial charge on any atom is 0.326 e. The number of carbonyl (C=O) groups excluding carboxylic acids is 1. The van der Waals surface area contributed by atoms with Crippen molar-refractivity contribution in [3.63, 3.8) is 0 Å². The van der Waals surface area contributed by atoms with E-state index in [1.54, 1.807) is 12.1 Å². The predicted molar refractivity (Wildman–Crippen MR) is 73.4 cm³/mol. The Bertz CT molecular complexity index is 449. The first kappa shape index (κ1) is 16.6. The van der Waals surface area contributed by atoms with Gasteiger partial charge in [-0.15, -0.1) is 0 Å². The molecule has 7 heteroatoms. The Morgan fingerprint density at radius 1 is 1.44 bits per heavy atom. The monoisotopic (exact) mass is 367 g/mol. The van der Waals surface area contributed by atoms with Crippen molar-refractivity contribution in [2.75, 3.05) is 0 Å². The van der Waals surface area contributed by atoms with E-state index >= 15 is 0 Å². The highest BCUT2D eigenvalue weighted by molar-refractivity contribution is 14.1. The highest BCUT2D eigenvalue weighted by atomic mass is 127. The molecule has 0 heterocycles. The Kier molecular flexibility index (Phi) is 6.63. The summed E-state index contributed by atoms with van der Waals surface area (Å²) in [5.41, 5.74) is 0.744. The van der Waals surface area contributed by atoms with Crippen molar-refractivity contribution >= 4 is 34.5 Å². The van der Waals surface area contributed by atoms with E-state index < -0.39 is 12.0 Å². The fourth-order valence-electron chi connectivity index (χ4n) is 1.36. The summed E-state index contributed by atoms with van der Waals surface area (Å²) in [5, 5.41) is 20.6. The molecule has 0 radical (unpaired) electrons. The molecule has 1 unspecified atom stereocenters. The number of nitrogens with one attached hydrogen (secondary N) is 1. The molecule has 1 rings (SSSR count). The van der Waals surface area contributed by atoms with Gasteiger partial charge in [-0.1, -0.05) is 6.07 Å². The van der Waals surface area contributed by atoms with Gasteiger partial charge in [0, 0.05) is 13.3 Å². The quantitative estimate of drug-likeness (QED) is 0.664. The molecule has 0 aliphatic carbocycles. The van der Waals surface area contributed by atoms with E-state index in [2.05, 4.69) is 5.32 Å². The second-order valence-electron chi connectivity index (χ2n) is 3.58. The zero-order valence-corrected chi connectivity index (χ0v) is 11.8. The van der Waals surface area contributed by atoms with Gasteiger partial charge in [0.25, 0.3) is 0 Å². The molecule has 0 aliphatic heterocycles. The lowest BCUT2D eigenvalue weighted by atomic mass is 10.1.